The van der Waals surface area contributed by atoms with Gasteiger partial charge in [0.25, 0.3) is 0 Å². The van der Waals surface area contributed by atoms with E-state index >= 15 is 0 Å². The molecule has 0 saturated carbocycles. The average molecular weight is 485 g/mol. The molecule has 1 unspecified atom stereocenters. The largest absolute Gasteiger partial charge is 0.497 e. The second-order valence-electron chi connectivity index (χ2n) is 8.89. The molecule has 192 valence electrons. The number of nitrogens with zero attached hydrogens (tertiary/aromatic N) is 2. The third-order valence-corrected chi connectivity index (χ3v) is 5.83. The summed E-state index contributed by atoms with van der Waals surface area (Å²) in [5, 5.41) is 9.12. The lowest BCUT2D eigenvalue weighted by Gasteiger charge is -2.26. The van der Waals surface area contributed by atoms with Crippen LogP contribution in [0.3, 0.4) is 0 Å². The first-order chi connectivity index (χ1) is 16.9. The quantitative estimate of drug-likeness (QED) is 0.297. The van der Waals surface area contributed by atoms with Crippen LogP contribution in [0, 0.1) is 17.2 Å². The van der Waals surface area contributed by atoms with Crippen molar-refractivity contribution in [3.05, 3.63) is 42.0 Å². The highest BCUT2D eigenvalue weighted by Gasteiger charge is 2.21. The molecule has 0 saturated heterocycles. The summed E-state index contributed by atoms with van der Waals surface area (Å²) in [6.07, 6.45) is 3.18. The van der Waals surface area contributed by atoms with Crippen molar-refractivity contribution >= 4 is 0 Å². The van der Waals surface area contributed by atoms with E-state index < -0.39 is 0 Å². The molecule has 0 fully saturated rings. The zero-order valence-electron chi connectivity index (χ0n) is 22.0. The fourth-order valence-corrected chi connectivity index (χ4v) is 3.85. The second-order valence-corrected chi connectivity index (χ2v) is 8.89. The van der Waals surface area contributed by atoms with Crippen molar-refractivity contribution in [1.82, 2.24) is 4.90 Å². The maximum atomic E-state index is 9.12. The summed E-state index contributed by atoms with van der Waals surface area (Å²) in [4.78, 5) is 2.32. The van der Waals surface area contributed by atoms with Crippen LogP contribution in [0.1, 0.15) is 38.7 Å². The van der Waals surface area contributed by atoms with E-state index in [1.54, 1.807) is 21.3 Å². The van der Waals surface area contributed by atoms with Crippen LogP contribution in [0.25, 0.3) is 0 Å². The molecule has 0 spiro atoms. The molecule has 2 aromatic carbocycles. The van der Waals surface area contributed by atoms with Gasteiger partial charge in [0.15, 0.2) is 11.5 Å². The van der Waals surface area contributed by atoms with Gasteiger partial charge in [0, 0.05) is 12.6 Å². The van der Waals surface area contributed by atoms with Crippen molar-refractivity contribution in [2.45, 2.75) is 45.6 Å². The van der Waals surface area contributed by atoms with Gasteiger partial charge in [0.05, 0.1) is 40.4 Å². The molecule has 7 heteroatoms. The third-order valence-electron chi connectivity index (χ3n) is 5.83. The van der Waals surface area contributed by atoms with Crippen LogP contribution in [0.4, 0.5) is 0 Å². The smallest absolute Gasteiger partial charge is 0.203 e. The van der Waals surface area contributed by atoms with Crippen molar-refractivity contribution in [2.24, 2.45) is 5.92 Å². The van der Waals surface area contributed by atoms with Crippen molar-refractivity contribution in [2.75, 3.05) is 48.1 Å². The molecular formula is C28H40N2O5. The molecule has 0 N–H and O–H groups in total. The highest BCUT2D eigenvalue weighted by Crippen LogP contribution is 2.40. The maximum absolute atomic E-state index is 9.12. The summed E-state index contributed by atoms with van der Waals surface area (Å²) < 4.78 is 28.5. The lowest BCUT2D eigenvalue weighted by molar-refractivity contribution is 0.129. The summed E-state index contributed by atoms with van der Waals surface area (Å²) in [5.74, 6) is 3.72. The number of hydrogen-bond donors (Lipinski definition) is 0. The number of nitriles is 1. The minimum absolute atomic E-state index is 0.0238. The Bertz CT molecular complexity index is 941. The molecule has 0 aromatic heterocycles. The highest BCUT2D eigenvalue weighted by atomic mass is 16.5. The predicted octanol–water partition coefficient (Wildman–Crippen LogP) is 5.36. The lowest BCUT2D eigenvalue weighted by atomic mass is 10.0. The van der Waals surface area contributed by atoms with Crippen LogP contribution in [0.15, 0.2) is 36.4 Å². The molecule has 0 aliphatic rings. The first-order valence-electron chi connectivity index (χ1n) is 12.2. The van der Waals surface area contributed by atoms with E-state index in [2.05, 4.69) is 31.9 Å². The Morgan fingerprint density at radius 3 is 2.29 bits per heavy atom. The molecule has 7 nitrogen and oxygen atoms in total. The molecule has 2 aromatic rings. The number of methoxy groups -OCH3 is 3. The molecule has 0 aliphatic heterocycles. The molecule has 2 rings (SSSR count). The highest BCUT2D eigenvalue weighted by molar-refractivity contribution is 5.54. The van der Waals surface area contributed by atoms with E-state index in [4.69, 9.17) is 28.9 Å². The zero-order valence-corrected chi connectivity index (χ0v) is 22.0. The van der Waals surface area contributed by atoms with Crippen LogP contribution in [-0.2, 0) is 6.42 Å². The third kappa shape index (κ3) is 9.22. The molecule has 1 atom stereocenters. The second kappa shape index (κ2) is 15.0. The van der Waals surface area contributed by atoms with Crippen LogP contribution in [0.2, 0.25) is 0 Å². The van der Waals surface area contributed by atoms with Crippen LogP contribution >= 0.6 is 0 Å². The monoisotopic (exact) mass is 484 g/mol. The van der Waals surface area contributed by atoms with Gasteiger partial charge in [0.1, 0.15) is 17.6 Å². The van der Waals surface area contributed by atoms with Gasteiger partial charge < -0.3 is 28.6 Å². The Labute approximate surface area is 210 Å². The van der Waals surface area contributed by atoms with Gasteiger partial charge in [-0.25, -0.2) is 0 Å². The Morgan fingerprint density at radius 2 is 1.63 bits per heavy atom. The molecular weight excluding hydrogens is 444 g/mol. The fourth-order valence-electron chi connectivity index (χ4n) is 3.85. The van der Waals surface area contributed by atoms with Gasteiger partial charge in [0.2, 0.25) is 5.75 Å². The topological polar surface area (TPSA) is 73.2 Å². The van der Waals surface area contributed by atoms with Gasteiger partial charge in [-0.15, -0.1) is 0 Å². The molecule has 0 amide bonds. The number of benzene rings is 2. The van der Waals surface area contributed by atoms with Crippen LogP contribution in [0.5, 0.6) is 28.7 Å². The molecule has 0 heterocycles. The summed E-state index contributed by atoms with van der Waals surface area (Å²) >= 11 is 0. The molecule has 0 radical (unpaired) electrons. The lowest BCUT2D eigenvalue weighted by Crippen LogP contribution is -2.27. The predicted molar refractivity (Wildman–Crippen MR) is 138 cm³/mol. The molecule has 0 bridgehead atoms. The number of hydrogen-bond acceptors (Lipinski definition) is 7. The number of ether oxygens (including phenoxy) is 5. The summed E-state index contributed by atoms with van der Waals surface area (Å²) in [6.45, 7) is 6.91. The summed E-state index contributed by atoms with van der Waals surface area (Å²) in [6, 6.07) is 13.6. The minimum atomic E-state index is 0.0238. The van der Waals surface area contributed by atoms with E-state index in [0.29, 0.717) is 29.8 Å². The average Bonchev–Trinajstić information content (AvgIpc) is 2.85. The van der Waals surface area contributed by atoms with Crippen molar-refractivity contribution < 1.29 is 23.7 Å². The van der Waals surface area contributed by atoms with Gasteiger partial charge in [-0.2, -0.15) is 5.26 Å². The summed E-state index contributed by atoms with van der Waals surface area (Å²) in [5.41, 5.74) is 0.846. The molecule has 35 heavy (non-hydrogen) atoms. The van der Waals surface area contributed by atoms with Crippen molar-refractivity contribution in [3.8, 4) is 34.8 Å². The van der Waals surface area contributed by atoms with E-state index in [0.717, 1.165) is 49.4 Å². The Hall–Kier alpha value is -3.11. The van der Waals surface area contributed by atoms with E-state index in [1.807, 2.05) is 36.4 Å². The first-order valence-corrected chi connectivity index (χ1v) is 12.2. The van der Waals surface area contributed by atoms with Gasteiger partial charge >= 0.3 is 0 Å². The zero-order chi connectivity index (χ0) is 25.6. The normalized spacial score (nSPS) is 11.7. The SMILES string of the molecule is COc1cccc(OCCCN(C)CCCC(Oc2cc(CC#N)cc(OC)c2OC)C(C)C)c1. The fraction of sp³-hybridized carbons (Fsp3) is 0.536. The van der Waals surface area contributed by atoms with Crippen LogP contribution in [-0.4, -0.2) is 59.1 Å². The van der Waals surface area contributed by atoms with Gasteiger partial charge in [-0.1, -0.05) is 19.9 Å². The Balaban J connectivity index is 1.84. The van der Waals surface area contributed by atoms with E-state index in [1.165, 1.54) is 0 Å². The Morgan fingerprint density at radius 1 is 0.914 bits per heavy atom. The van der Waals surface area contributed by atoms with Gasteiger partial charge in [-0.05, 0) is 68.6 Å². The summed E-state index contributed by atoms with van der Waals surface area (Å²) in [7, 11) is 6.99. The van der Waals surface area contributed by atoms with Crippen molar-refractivity contribution in [3.63, 3.8) is 0 Å². The standard InChI is InChI=1S/C28H40N2O5/c1-21(2)25(35-27-19-22(13-14-29)18-26(32-5)28(27)33-6)12-8-15-30(3)16-9-17-34-24-11-7-10-23(20-24)31-4/h7,10-11,18-21,25H,8-9,12-13,15-17H2,1-6H3. The number of rotatable bonds is 16. The van der Waals surface area contributed by atoms with Crippen LogP contribution < -0.4 is 23.7 Å². The van der Waals surface area contributed by atoms with E-state index in [9.17, 15) is 0 Å². The Kier molecular flexibility index (Phi) is 12.1. The van der Waals surface area contributed by atoms with E-state index in [-0.39, 0.29) is 12.5 Å². The maximum Gasteiger partial charge on any atom is 0.203 e. The van der Waals surface area contributed by atoms with Gasteiger partial charge in [-0.3, -0.25) is 0 Å². The molecule has 0 aliphatic carbocycles. The first kappa shape index (κ1) is 28.1. The van der Waals surface area contributed by atoms with Crippen molar-refractivity contribution in [1.29, 1.82) is 5.26 Å². The minimum Gasteiger partial charge on any atom is -0.497 e.